The number of hydrogen-bond donors (Lipinski definition) is 0. The third kappa shape index (κ3) is 2.80. The van der Waals surface area contributed by atoms with Crippen LogP contribution >= 0.6 is 0 Å². The molecule has 2 amide bonds. The average Bonchev–Trinajstić information content (AvgIpc) is 3.47. The van der Waals surface area contributed by atoms with Crippen LogP contribution in [0.5, 0.6) is 0 Å². The zero-order valence-electron chi connectivity index (χ0n) is 15.0. The summed E-state index contributed by atoms with van der Waals surface area (Å²) in [6, 6.07) is 14.5. The third-order valence-electron chi connectivity index (χ3n) is 5.07. The van der Waals surface area contributed by atoms with E-state index in [1.807, 2.05) is 30.3 Å². The number of carbonyl (C=O) groups excluding carboxylic acids is 2. The van der Waals surface area contributed by atoms with Crippen LogP contribution in [0.15, 0.2) is 52.9 Å². The Balaban J connectivity index is 1.43. The quantitative estimate of drug-likeness (QED) is 0.651. The minimum Gasteiger partial charge on any atom is -0.416 e. The summed E-state index contributed by atoms with van der Waals surface area (Å²) in [5.74, 6) is 0.121. The maximum Gasteiger partial charge on any atom is 0.261 e. The largest absolute Gasteiger partial charge is 0.416 e. The van der Waals surface area contributed by atoms with Gasteiger partial charge in [-0.05, 0) is 43.2 Å². The first-order valence-electron chi connectivity index (χ1n) is 9.22. The van der Waals surface area contributed by atoms with Gasteiger partial charge in [0.25, 0.3) is 11.8 Å². The predicted octanol–water partition coefficient (Wildman–Crippen LogP) is 3.18. The molecule has 0 radical (unpaired) electrons. The van der Waals surface area contributed by atoms with Crippen molar-refractivity contribution in [3.8, 4) is 22.9 Å². The van der Waals surface area contributed by atoms with Crippen LogP contribution in [0.1, 0.15) is 33.6 Å². The number of fused-ring (bicyclic) bond motifs is 1. The smallest absolute Gasteiger partial charge is 0.261 e. The number of nitrogens with zero attached hydrogens (tertiary/aromatic N) is 3. The fourth-order valence-corrected chi connectivity index (χ4v) is 3.62. The van der Waals surface area contributed by atoms with Gasteiger partial charge in [-0.1, -0.05) is 18.2 Å². The van der Waals surface area contributed by atoms with Gasteiger partial charge >= 0.3 is 0 Å². The van der Waals surface area contributed by atoms with E-state index in [2.05, 4.69) is 10.2 Å². The number of imide groups is 1. The van der Waals surface area contributed by atoms with Crippen molar-refractivity contribution in [2.45, 2.75) is 18.9 Å². The third-order valence-corrected chi connectivity index (χ3v) is 5.07. The molecule has 140 valence electrons. The minimum absolute atomic E-state index is 0.0777. The molecule has 28 heavy (non-hydrogen) atoms. The molecular formula is C21H17N3O4. The van der Waals surface area contributed by atoms with Crippen LogP contribution in [-0.2, 0) is 4.74 Å². The van der Waals surface area contributed by atoms with Crippen LogP contribution in [0.3, 0.4) is 0 Å². The summed E-state index contributed by atoms with van der Waals surface area (Å²) in [5, 5.41) is 8.17. The number of ether oxygens (including phenoxy) is 1. The Morgan fingerprint density at radius 1 is 0.929 bits per heavy atom. The second-order valence-electron chi connectivity index (χ2n) is 6.89. The Hall–Kier alpha value is -3.32. The molecule has 0 spiro atoms. The number of benzene rings is 2. The summed E-state index contributed by atoms with van der Waals surface area (Å²) < 4.78 is 11.3. The lowest BCUT2D eigenvalue weighted by atomic mass is 10.1. The molecule has 7 heteroatoms. The van der Waals surface area contributed by atoms with Crippen molar-refractivity contribution in [1.29, 1.82) is 0 Å². The van der Waals surface area contributed by atoms with Crippen molar-refractivity contribution < 1.29 is 18.7 Å². The molecule has 0 saturated carbocycles. The van der Waals surface area contributed by atoms with Gasteiger partial charge in [0.05, 0.1) is 23.8 Å². The standard InChI is InChI=1S/C21H17N3O4/c25-20-16-9-8-14(19-23-22-18(28-19)13-5-2-1-3-6-13)11-17(16)21(26)24(20)12-15-7-4-10-27-15/h1-3,5-6,8-9,11,15H,4,7,10,12H2. The van der Waals surface area contributed by atoms with Crippen LogP contribution in [-0.4, -0.2) is 46.2 Å². The molecule has 3 aromatic rings. The maximum atomic E-state index is 12.8. The highest BCUT2D eigenvalue weighted by atomic mass is 16.5. The van der Waals surface area contributed by atoms with E-state index in [-0.39, 0.29) is 17.9 Å². The molecule has 1 atom stereocenters. The summed E-state index contributed by atoms with van der Waals surface area (Å²) in [6.45, 7) is 0.972. The lowest BCUT2D eigenvalue weighted by molar-refractivity contribution is 0.0475. The highest BCUT2D eigenvalue weighted by Crippen LogP contribution is 2.30. The van der Waals surface area contributed by atoms with Crippen molar-refractivity contribution >= 4 is 11.8 Å². The van der Waals surface area contributed by atoms with Crippen LogP contribution in [0.2, 0.25) is 0 Å². The van der Waals surface area contributed by atoms with Gasteiger partial charge in [0, 0.05) is 17.7 Å². The highest BCUT2D eigenvalue weighted by Gasteiger charge is 2.37. The molecule has 3 heterocycles. The number of carbonyl (C=O) groups is 2. The van der Waals surface area contributed by atoms with Crippen LogP contribution < -0.4 is 0 Å². The molecule has 2 aromatic carbocycles. The second kappa shape index (κ2) is 6.69. The molecule has 1 fully saturated rings. The number of rotatable bonds is 4. The normalized spacial score (nSPS) is 18.7. The van der Waals surface area contributed by atoms with E-state index in [4.69, 9.17) is 9.15 Å². The van der Waals surface area contributed by atoms with Crippen LogP contribution in [0.4, 0.5) is 0 Å². The molecule has 0 N–H and O–H groups in total. The van der Waals surface area contributed by atoms with E-state index < -0.39 is 0 Å². The minimum atomic E-state index is -0.305. The van der Waals surface area contributed by atoms with E-state index >= 15 is 0 Å². The maximum absolute atomic E-state index is 12.8. The molecule has 2 aliphatic rings. The molecule has 0 bridgehead atoms. The Kier molecular flexibility index (Phi) is 4.02. The zero-order chi connectivity index (χ0) is 19.1. The molecule has 0 aliphatic carbocycles. The lowest BCUT2D eigenvalue weighted by Gasteiger charge is -2.17. The van der Waals surface area contributed by atoms with E-state index in [0.29, 0.717) is 41.6 Å². The first kappa shape index (κ1) is 16.8. The topological polar surface area (TPSA) is 85.5 Å². The molecule has 1 saturated heterocycles. The summed E-state index contributed by atoms with van der Waals surface area (Å²) in [7, 11) is 0. The Bertz CT molecular complexity index is 1050. The van der Waals surface area contributed by atoms with Gasteiger partial charge in [0.2, 0.25) is 11.8 Å². The summed E-state index contributed by atoms with van der Waals surface area (Å²) in [6.07, 6.45) is 1.74. The summed E-state index contributed by atoms with van der Waals surface area (Å²) in [5.41, 5.74) is 2.18. The highest BCUT2D eigenvalue weighted by molar-refractivity contribution is 6.21. The van der Waals surface area contributed by atoms with E-state index in [9.17, 15) is 9.59 Å². The van der Waals surface area contributed by atoms with Crippen LogP contribution in [0, 0.1) is 0 Å². The number of hydrogen-bond acceptors (Lipinski definition) is 6. The van der Waals surface area contributed by atoms with Crippen molar-refractivity contribution in [3.63, 3.8) is 0 Å². The Labute approximate surface area is 160 Å². The van der Waals surface area contributed by atoms with E-state index in [1.165, 1.54) is 4.90 Å². The summed E-state index contributed by atoms with van der Waals surface area (Å²) >= 11 is 0. The van der Waals surface area contributed by atoms with Gasteiger partial charge in [-0.3, -0.25) is 14.5 Å². The van der Waals surface area contributed by atoms with Crippen molar-refractivity contribution in [2.75, 3.05) is 13.2 Å². The fraction of sp³-hybridized carbons (Fsp3) is 0.238. The van der Waals surface area contributed by atoms with E-state index in [1.54, 1.807) is 18.2 Å². The average molecular weight is 375 g/mol. The summed E-state index contributed by atoms with van der Waals surface area (Å²) in [4.78, 5) is 26.7. The first-order valence-corrected chi connectivity index (χ1v) is 9.22. The number of aromatic nitrogens is 2. The molecule has 7 nitrogen and oxygen atoms in total. The lowest BCUT2D eigenvalue weighted by Crippen LogP contribution is -2.36. The van der Waals surface area contributed by atoms with E-state index in [0.717, 1.165) is 18.4 Å². The monoisotopic (exact) mass is 375 g/mol. The molecular weight excluding hydrogens is 358 g/mol. The molecule has 1 unspecified atom stereocenters. The first-order chi connectivity index (χ1) is 13.7. The fourth-order valence-electron chi connectivity index (χ4n) is 3.62. The zero-order valence-corrected chi connectivity index (χ0v) is 15.0. The molecule has 2 aliphatic heterocycles. The van der Waals surface area contributed by atoms with Gasteiger partial charge < -0.3 is 9.15 Å². The van der Waals surface area contributed by atoms with Gasteiger partial charge in [-0.15, -0.1) is 10.2 Å². The number of amides is 2. The van der Waals surface area contributed by atoms with Gasteiger partial charge in [0.1, 0.15) is 0 Å². The van der Waals surface area contributed by atoms with Gasteiger partial charge in [0.15, 0.2) is 0 Å². The Morgan fingerprint density at radius 3 is 2.43 bits per heavy atom. The van der Waals surface area contributed by atoms with Gasteiger partial charge in [-0.2, -0.15) is 0 Å². The molecule has 5 rings (SSSR count). The SMILES string of the molecule is O=C1c2ccc(-c3nnc(-c4ccccc4)o3)cc2C(=O)N1CC1CCCO1. The van der Waals surface area contributed by atoms with Crippen LogP contribution in [0.25, 0.3) is 22.9 Å². The van der Waals surface area contributed by atoms with Crippen molar-refractivity contribution in [3.05, 3.63) is 59.7 Å². The molecule has 1 aromatic heterocycles. The van der Waals surface area contributed by atoms with Crippen molar-refractivity contribution in [2.24, 2.45) is 0 Å². The predicted molar refractivity (Wildman–Crippen MR) is 99.5 cm³/mol. The second-order valence-corrected chi connectivity index (χ2v) is 6.89. The van der Waals surface area contributed by atoms with Gasteiger partial charge in [-0.25, -0.2) is 0 Å². The van der Waals surface area contributed by atoms with Crippen molar-refractivity contribution in [1.82, 2.24) is 15.1 Å². The Morgan fingerprint density at radius 2 is 1.68 bits per heavy atom.